The number of anilines is 2. The number of hydrogen-bond acceptors (Lipinski definition) is 4. The minimum atomic E-state index is -0.340. The van der Waals surface area contributed by atoms with Crippen LogP contribution in [0.3, 0.4) is 0 Å². The third-order valence-electron chi connectivity index (χ3n) is 2.15. The van der Waals surface area contributed by atoms with Crippen LogP contribution >= 0.6 is 0 Å². The van der Waals surface area contributed by atoms with E-state index in [-0.39, 0.29) is 11.6 Å². The summed E-state index contributed by atoms with van der Waals surface area (Å²) < 4.78 is 0. The maximum Gasteiger partial charge on any atom is 0.278 e. The molecule has 82 valence electrons. The lowest BCUT2D eigenvalue weighted by Gasteiger charge is -2.02. The highest BCUT2D eigenvalue weighted by atomic mass is 16.2. The van der Waals surface area contributed by atoms with Crippen molar-refractivity contribution in [3.63, 3.8) is 0 Å². The Morgan fingerprint density at radius 2 is 2.12 bits per heavy atom. The molecule has 0 unspecified atom stereocenters. The number of nitrogens with two attached hydrogens (primary N) is 1. The van der Waals surface area contributed by atoms with Gasteiger partial charge in [0.1, 0.15) is 0 Å². The Labute approximate surface area is 91.9 Å². The Kier molecular flexibility index (Phi) is 2.55. The summed E-state index contributed by atoms with van der Waals surface area (Å²) in [4.78, 5) is 15.6. The van der Waals surface area contributed by atoms with Crippen molar-refractivity contribution < 1.29 is 4.79 Å². The van der Waals surface area contributed by atoms with Crippen molar-refractivity contribution in [1.82, 2.24) is 15.2 Å². The molecule has 0 saturated carbocycles. The van der Waals surface area contributed by atoms with Crippen molar-refractivity contribution in [2.45, 2.75) is 6.92 Å². The zero-order valence-electron chi connectivity index (χ0n) is 8.69. The molecular weight excluding hydrogens is 206 g/mol. The van der Waals surface area contributed by atoms with Gasteiger partial charge in [-0.2, -0.15) is 5.10 Å². The number of carbonyl (C=O) groups is 1. The number of hydrogen-bond donors (Lipinski definition) is 3. The van der Waals surface area contributed by atoms with Crippen LogP contribution in [0, 0.1) is 6.92 Å². The molecule has 0 aliphatic heterocycles. The molecule has 4 N–H and O–H groups in total. The van der Waals surface area contributed by atoms with Crippen LogP contribution in [-0.2, 0) is 0 Å². The lowest BCUT2D eigenvalue weighted by molar-refractivity contribution is 0.102. The molecule has 2 heterocycles. The molecule has 2 rings (SSSR count). The number of nitrogens with zero attached hydrogens (tertiary/aromatic N) is 2. The first-order valence-electron chi connectivity index (χ1n) is 4.70. The van der Waals surface area contributed by atoms with E-state index in [1.54, 1.807) is 31.5 Å². The van der Waals surface area contributed by atoms with E-state index in [1.807, 2.05) is 0 Å². The molecule has 0 radical (unpaired) electrons. The highest BCUT2D eigenvalue weighted by molar-refractivity contribution is 6.06. The van der Waals surface area contributed by atoms with Gasteiger partial charge in [-0.15, -0.1) is 0 Å². The van der Waals surface area contributed by atoms with E-state index in [1.165, 1.54) is 0 Å². The summed E-state index contributed by atoms with van der Waals surface area (Å²) in [5, 5.41) is 9.16. The number of aromatic nitrogens is 3. The highest BCUT2D eigenvalue weighted by Crippen LogP contribution is 2.14. The van der Waals surface area contributed by atoms with Crippen LogP contribution in [0.5, 0.6) is 0 Å². The molecule has 0 saturated heterocycles. The number of aromatic amines is 1. The largest absolute Gasteiger partial charge is 0.395 e. The molecule has 16 heavy (non-hydrogen) atoms. The van der Waals surface area contributed by atoms with E-state index in [4.69, 9.17) is 5.73 Å². The molecule has 6 nitrogen and oxygen atoms in total. The van der Waals surface area contributed by atoms with Crippen LogP contribution in [0.1, 0.15) is 16.2 Å². The number of nitrogens with one attached hydrogen (secondary N) is 2. The highest BCUT2D eigenvalue weighted by Gasteiger charge is 2.14. The average Bonchev–Trinajstić information content (AvgIpc) is 2.61. The van der Waals surface area contributed by atoms with E-state index in [2.05, 4.69) is 20.5 Å². The average molecular weight is 217 g/mol. The molecule has 2 aromatic heterocycles. The van der Waals surface area contributed by atoms with Gasteiger partial charge in [-0.3, -0.25) is 14.9 Å². The van der Waals surface area contributed by atoms with Crippen molar-refractivity contribution in [2.24, 2.45) is 0 Å². The third kappa shape index (κ3) is 1.85. The zero-order valence-corrected chi connectivity index (χ0v) is 8.69. The van der Waals surface area contributed by atoms with E-state index in [0.717, 1.165) is 0 Å². The fraction of sp³-hybridized carbons (Fsp3) is 0.100. The molecule has 2 aromatic rings. The number of nitrogen functional groups attached to an aromatic ring is 1. The Morgan fingerprint density at radius 1 is 1.44 bits per heavy atom. The molecular formula is C10H11N5O. The number of carbonyl (C=O) groups excluding carboxylic acids is 1. The maximum atomic E-state index is 11.8. The van der Waals surface area contributed by atoms with Gasteiger partial charge in [0.15, 0.2) is 5.69 Å². The first kappa shape index (κ1) is 10.2. The molecule has 0 bridgehead atoms. The SMILES string of the molecule is Cc1[nH]nc(C(=O)Nc2ccncc2)c1N. The Morgan fingerprint density at radius 3 is 2.69 bits per heavy atom. The van der Waals surface area contributed by atoms with Crippen molar-refractivity contribution in [3.05, 3.63) is 35.9 Å². The molecule has 0 aliphatic rings. The molecule has 0 aliphatic carbocycles. The van der Waals surface area contributed by atoms with Crippen molar-refractivity contribution in [2.75, 3.05) is 11.1 Å². The second-order valence-electron chi connectivity index (χ2n) is 3.30. The minimum absolute atomic E-state index is 0.203. The van der Waals surface area contributed by atoms with E-state index in [0.29, 0.717) is 17.1 Å². The first-order valence-corrected chi connectivity index (χ1v) is 4.70. The van der Waals surface area contributed by atoms with E-state index in [9.17, 15) is 4.79 Å². The number of pyridine rings is 1. The van der Waals surface area contributed by atoms with Crippen molar-refractivity contribution >= 4 is 17.3 Å². The summed E-state index contributed by atoms with van der Waals surface area (Å²) in [5.74, 6) is -0.340. The predicted octanol–water partition coefficient (Wildman–Crippen LogP) is 0.948. The molecule has 6 heteroatoms. The zero-order chi connectivity index (χ0) is 11.5. The quantitative estimate of drug-likeness (QED) is 0.697. The fourth-order valence-electron chi connectivity index (χ4n) is 1.24. The fourth-order valence-corrected chi connectivity index (χ4v) is 1.24. The van der Waals surface area contributed by atoms with Crippen LogP contribution in [0.25, 0.3) is 0 Å². The minimum Gasteiger partial charge on any atom is -0.395 e. The summed E-state index contributed by atoms with van der Waals surface area (Å²) in [6, 6.07) is 3.38. The van der Waals surface area contributed by atoms with Gasteiger partial charge in [0, 0.05) is 18.1 Å². The van der Waals surface area contributed by atoms with Gasteiger partial charge in [0.05, 0.1) is 11.4 Å². The topological polar surface area (TPSA) is 96.7 Å². The van der Waals surface area contributed by atoms with Gasteiger partial charge in [-0.25, -0.2) is 0 Å². The number of amides is 1. The van der Waals surface area contributed by atoms with Gasteiger partial charge >= 0.3 is 0 Å². The summed E-state index contributed by atoms with van der Waals surface area (Å²) >= 11 is 0. The van der Waals surface area contributed by atoms with E-state index >= 15 is 0 Å². The van der Waals surface area contributed by atoms with E-state index < -0.39 is 0 Å². The lowest BCUT2D eigenvalue weighted by atomic mass is 10.3. The van der Waals surface area contributed by atoms with Gasteiger partial charge in [0.2, 0.25) is 0 Å². The van der Waals surface area contributed by atoms with Gasteiger partial charge in [-0.05, 0) is 19.1 Å². The second-order valence-corrected chi connectivity index (χ2v) is 3.30. The van der Waals surface area contributed by atoms with Crippen LogP contribution in [0.2, 0.25) is 0 Å². The monoisotopic (exact) mass is 217 g/mol. The van der Waals surface area contributed by atoms with Crippen molar-refractivity contribution in [3.8, 4) is 0 Å². The molecule has 0 atom stereocenters. The summed E-state index contributed by atoms with van der Waals surface area (Å²) in [5.41, 5.74) is 7.59. The molecule has 0 spiro atoms. The van der Waals surface area contributed by atoms with Crippen LogP contribution < -0.4 is 11.1 Å². The maximum absolute atomic E-state index is 11.8. The number of rotatable bonds is 2. The summed E-state index contributed by atoms with van der Waals surface area (Å²) in [7, 11) is 0. The number of aryl methyl sites for hydroxylation is 1. The third-order valence-corrected chi connectivity index (χ3v) is 2.15. The standard InChI is InChI=1S/C10H11N5O/c1-6-8(11)9(15-14-6)10(16)13-7-2-4-12-5-3-7/h2-5H,11H2,1H3,(H,14,15)(H,12,13,16). The summed E-state index contributed by atoms with van der Waals surface area (Å²) in [6.45, 7) is 1.76. The van der Waals surface area contributed by atoms with Crippen LogP contribution in [-0.4, -0.2) is 21.1 Å². The smallest absolute Gasteiger partial charge is 0.278 e. The first-order chi connectivity index (χ1) is 7.68. The van der Waals surface area contributed by atoms with Gasteiger partial charge in [-0.1, -0.05) is 0 Å². The predicted molar refractivity (Wildman–Crippen MR) is 59.9 cm³/mol. The van der Waals surface area contributed by atoms with Crippen LogP contribution in [0.15, 0.2) is 24.5 Å². The molecule has 1 amide bonds. The Balaban J connectivity index is 2.18. The van der Waals surface area contributed by atoms with Crippen LogP contribution in [0.4, 0.5) is 11.4 Å². The molecule has 0 fully saturated rings. The Hall–Kier alpha value is -2.37. The Bertz CT molecular complexity index is 505. The lowest BCUT2D eigenvalue weighted by Crippen LogP contribution is -2.14. The number of H-pyrrole nitrogens is 1. The second kappa shape index (κ2) is 4.01. The molecule has 0 aromatic carbocycles. The summed E-state index contributed by atoms with van der Waals surface area (Å²) in [6.07, 6.45) is 3.18. The normalized spacial score (nSPS) is 10.1. The van der Waals surface area contributed by atoms with Crippen molar-refractivity contribution in [1.29, 1.82) is 0 Å². The van der Waals surface area contributed by atoms with Gasteiger partial charge < -0.3 is 11.1 Å². The van der Waals surface area contributed by atoms with Gasteiger partial charge in [0.25, 0.3) is 5.91 Å².